The molecule has 3 heterocycles. The Balaban J connectivity index is 2.09. The third-order valence-electron chi connectivity index (χ3n) is 4.13. The molecule has 1 atom stereocenters. The first-order valence-corrected chi connectivity index (χ1v) is 7.06. The second kappa shape index (κ2) is 4.48. The molecule has 2 N–H and O–H groups in total. The average molecular weight is 301 g/mol. The van der Waals surface area contributed by atoms with Gasteiger partial charge in [-0.05, 0) is 26.0 Å². The first kappa shape index (κ1) is 13.1. The lowest BCUT2D eigenvalue weighted by Gasteiger charge is -2.25. The fraction of sp³-hybridized carbons (Fsp3) is 0.333. The zero-order valence-electron chi connectivity index (χ0n) is 12.2. The quantitative estimate of drug-likeness (QED) is 0.748. The van der Waals surface area contributed by atoms with Crippen LogP contribution in [-0.2, 0) is 0 Å². The zero-order chi connectivity index (χ0) is 15.4. The van der Waals surface area contributed by atoms with Gasteiger partial charge in [0.15, 0.2) is 5.75 Å². The number of ether oxygens (including phenoxy) is 1. The van der Waals surface area contributed by atoms with Crippen molar-refractivity contribution in [2.75, 3.05) is 13.2 Å². The number of H-pyrrole nitrogens is 1. The Bertz CT molecular complexity index is 915. The highest BCUT2D eigenvalue weighted by atomic mass is 16.5. The molecule has 0 amide bonds. The van der Waals surface area contributed by atoms with E-state index in [-0.39, 0.29) is 24.9 Å². The maximum Gasteiger partial charge on any atom is 0.327 e. The van der Waals surface area contributed by atoms with Crippen LogP contribution in [0.3, 0.4) is 0 Å². The van der Waals surface area contributed by atoms with E-state index in [1.54, 1.807) is 4.57 Å². The maximum absolute atomic E-state index is 12.2. The largest absolute Gasteiger partial charge is 0.488 e. The van der Waals surface area contributed by atoms with E-state index in [2.05, 4.69) is 10.1 Å². The molecule has 1 aliphatic heterocycles. The van der Waals surface area contributed by atoms with Crippen LogP contribution in [0, 0.1) is 13.8 Å². The molecule has 7 heteroatoms. The van der Waals surface area contributed by atoms with Crippen molar-refractivity contribution in [1.82, 2.24) is 14.7 Å². The maximum atomic E-state index is 12.2. The van der Waals surface area contributed by atoms with Gasteiger partial charge >= 0.3 is 5.69 Å². The number of aromatic nitrogens is 3. The molecule has 0 fully saturated rings. The van der Waals surface area contributed by atoms with Crippen LogP contribution in [0.15, 0.2) is 21.5 Å². The molecule has 0 bridgehead atoms. The highest BCUT2D eigenvalue weighted by Crippen LogP contribution is 2.41. The van der Waals surface area contributed by atoms with Crippen molar-refractivity contribution < 1.29 is 14.4 Å². The molecule has 0 saturated heterocycles. The van der Waals surface area contributed by atoms with E-state index in [4.69, 9.17) is 9.26 Å². The molecule has 2 aromatic heterocycles. The Morgan fingerprint density at radius 2 is 2.27 bits per heavy atom. The molecule has 7 nitrogen and oxygen atoms in total. The van der Waals surface area contributed by atoms with Crippen molar-refractivity contribution in [2.45, 2.75) is 19.9 Å². The lowest BCUT2D eigenvalue weighted by atomic mass is 10.0. The van der Waals surface area contributed by atoms with E-state index in [0.717, 1.165) is 16.8 Å². The standard InChI is InChI=1S/C15H15N3O4/c1-7-12(8(2)22-17-7)10-3-4-11-13-14(10)21-6-9(5-19)18(13)15(20)16-11/h3-4,9,19H,5-6H2,1-2H3,(H,16,20). The molecule has 0 radical (unpaired) electrons. The highest BCUT2D eigenvalue weighted by molar-refractivity contribution is 5.92. The Labute approximate surface area is 125 Å². The number of rotatable bonds is 2. The van der Waals surface area contributed by atoms with Crippen molar-refractivity contribution in [3.05, 3.63) is 34.1 Å². The van der Waals surface area contributed by atoms with Crippen molar-refractivity contribution in [3.8, 4) is 16.9 Å². The highest BCUT2D eigenvalue weighted by Gasteiger charge is 2.28. The van der Waals surface area contributed by atoms with Crippen molar-refractivity contribution in [1.29, 1.82) is 0 Å². The van der Waals surface area contributed by atoms with E-state index < -0.39 is 0 Å². The van der Waals surface area contributed by atoms with Crippen LogP contribution in [0.2, 0.25) is 0 Å². The van der Waals surface area contributed by atoms with Crippen LogP contribution < -0.4 is 10.4 Å². The summed E-state index contributed by atoms with van der Waals surface area (Å²) in [6.45, 7) is 3.81. The molecule has 1 unspecified atom stereocenters. The van der Waals surface area contributed by atoms with Gasteiger partial charge in [0, 0.05) is 5.56 Å². The van der Waals surface area contributed by atoms with E-state index in [9.17, 15) is 9.90 Å². The van der Waals surface area contributed by atoms with Crippen LogP contribution >= 0.6 is 0 Å². The summed E-state index contributed by atoms with van der Waals surface area (Å²) >= 11 is 0. The number of aliphatic hydroxyl groups is 1. The topological polar surface area (TPSA) is 93.3 Å². The Kier molecular flexibility index (Phi) is 2.67. The number of hydrogen-bond donors (Lipinski definition) is 2. The monoisotopic (exact) mass is 301 g/mol. The summed E-state index contributed by atoms with van der Waals surface area (Å²) in [6.07, 6.45) is 0. The van der Waals surface area contributed by atoms with Crippen molar-refractivity contribution >= 4 is 11.0 Å². The van der Waals surface area contributed by atoms with Gasteiger partial charge in [-0.3, -0.25) is 4.57 Å². The Morgan fingerprint density at radius 1 is 1.45 bits per heavy atom. The minimum atomic E-state index is -0.381. The second-order valence-corrected chi connectivity index (χ2v) is 5.49. The van der Waals surface area contributed by atoms with Gasteiger partial charge in [-0.25, -0.2) is 4.79 Å². The van der Waals surface area contributed by atoms with Crippen molar-refractivity contribution in [3.63, 3.8) is 0 Å². The van der Waals surface area contributed by atoms with Gasteiger partial charge < -0.3 is 19.4 Å². The van der Waals surface area contributed by atoms with Gasteiger partial charge in [0.1, 0.15) is 17.9 Å². The fourth-order valence-electron chi connectivity index (χ4n) is 3.14. The van der Waals surface area contributed by atoms with Crippen LogP contribution in [0.4, 0.5) is 0 Å². The minimum Gasteiger partial charge on any atom is -0.488 e. The minimum absolute atomic E-state index is 0.151. The SMILES string of the molecule is Cc1noc(C)c1-c1ccc2[nH]c(=O)n3c2c1OCC3CO. The van der Waals surface area contributed by atoms with Gasteiger partial charge in [-0.1, -0.05) is 5.16 Å². The first-order chi connectivity index (χ1) is 10.6. The summed E-state index contributed by atoms with van der Waals surface area (Å²) in [5, 5.41) is 13.5. The second-order valence-electron chi connectivity index (χ2n) is 5.49. The number of hydrogen-bond acceptors (Lipinski definition) is 5. The molecule has 4 rings (SSSR count). The van der Waals surface area contributed by atoms with Crippen LogP contribution in [0.1, 0.15) is 17.5 Å². The smallest absolute Gasteiger partial charge is 0.327 e. The zero-order valence-corrected chi connectivity index (χ0v) is 12.2. The fourth-order valence-corrected chi connectivity index (χ4v) is 3.14. The number of aryl methyl sites for hydroxylation is 2. The molecule has 114 valence electrons. The first-order valence-electron chi connectivity index (χ1n) is 7.06. The Hall–Kier alpha value is -2.54. The van der Waals surface area contributed by atoms with E-state index in [0.29, 0.717) is 22.5 Å². The molecule has 1 aromatic carbocycles. The number of imidazole rings is 1. The molecule has 22 heavy (non-hydrogen) atoms. The summed E-state index contributed by atoms with van der Waals surface area (Å²) in [6, 6.07) is 3.35. The van der Waals surface area contributed by atoms with Crippen LogP contribution in [-0.4, -0.2) is 33.0 Å². The van der Waals surface area contributed by atoms with Gasteiger partial charge in [-0.15, -0.1) is 0 Å². The lowest BCUT2D eigenvalue weighted by Crippen LogP contribution is -2.32. The molecule has 0 spiro atoms. The van der Waals surface area contributed by atoms with Crippen LogP contribution in [0.25, 0.3) is 22.2 Å². The summed E-state index contributed by atoms with van der Waals surface area (Å²) in [4.78, 5) is 15.0. The van der Waals surface area contributed by atoms with Gasteiger partial charge in [0.05, 0.1) is 29.4 Å². The Morgan fingerprint density at radius 3 is 2.95 bits per heavy atom. The molecule has 0 aliphatic carbocycles. The summed E-state index contributed by atoms with van der Waals surface area (Å²) in [7, 11) is 0. The predicted molar refractivity (Wildman–Crippen MR) is 79.1 cm³/mol. The number of aromatic amines is 1. The van der Waals surface area contributed by atoms with Gasteiger partial charge in [0.2, 0.25) is 0 Å². The average Bonchev–Trinajstić information content (AvgIpc) is 3.02. The molecule has 1 aliphatic rings. The molecule has 3 aromatic rings. The summed E-state index contributed by atoms with van der Waals surface area (Å²) in [5.74, 6) is 1.32. The number of nitrogens with zero attached hydrogens (tertiary/aromatic N) is 2. The third kappa shape index (κ3) is 1.59. The van der Waals surface area contributed by atoms with Crippen molar-refractivity contribution in [2.24, 2.45) is 0 Å². The molecular formula is C15H15N3O4. The number of benzene rings is 1. The predicted octanol–water partition coefficient (Wildman–Crippen LogP) is 1.53. The van der Waals surface area contributed by atoms with Gasteiger partial charge in [0.25, 0.3) is 0 Å². The number of aliphatic hydroxyl groups excluding tert-OH is 1. The lowest BCUT2D eigenvalue weighted by molar-refractivity contribution is 0.157. The van der Waals surface area contributed by atoms with E-state index >= 15 is 0 Å². The third-order valence-corrected chi connectivity index (χ3v) is 4.13. The molecule has 0 saturated carbocycles. The normalized spacial score (nSPS) is 17.0. The van der Waals surface area contributed by atoms with Gasteiger partial charge in [-0.2, -0.15) is 0 Å². The number of nitrogens with one attached hydrogen (secondary N) is 1. The summed E-state index contributed by atoms with van der Waals surface area (Å²) in [5.41, 5.74) is 3.61. The van der Waals surface area contributed by atoms with E-state index in [1.165, 1.54) is 0 Å². The van der Waals surface area contributed by atoms with E-state index in [1.807, 2.05) is 26.0 Å². The molecular weight excluding hydrogens is 286 g/mol. The van der Waals surface area contributed by atoms with Crippen LogP contribution in [0.5, 0.6) is 5.75 Å². The summed E-state index contributed by atoms with van der Waals surface area (Å²) < 4.78 is 12.7.